The molecule has 0 aliphatic heterocycles. The summed E-state index contributed by atoms with van der Waals surface area (Å²) in [6, 6.07) is 3.83. The van der Waals surface area contributed by atoms with Gasteiger partial charge in [0.15, 0.2) is 10.8 Å². The summed E-state index contributed by atoms with van der Waals surface area (Å²) in [4.78, 5) is 33.9. The lowest BCUT2D eigenvalue weighted by atomic mass is 10.3. The number of hydrogen-bond acceptors (Lipinski definition) is 6. The van der Waals surface area contributed by atoms with Gasteiger partial charge in [0.1, 0.15) is 12.3 Å². The summed E-state index contributed by atoms with van der Waals surface area (Å²) < 4.78 is 7.06. The summed E-state index contributed by atoms with van der Waals surface area (Å²) in [7, 11) is 0. The third kappa shape index (κ3) is 3.69. The smallest absolute Gasteiger partial charge is 0.358 e. The van der Waals surface area contributed by atoms with Crippen LogP contribution in [0.15, 0.2) is 29.9 Å². The molecule has 0 fully saturated rings. The Morgan fingerprint density at radius 2 is 2.16 bits per heavy atom. The van der Waals surface area contributed by atoms with Crippen LogP contribution in [-0.4, -0.2) is 32.8 Å². The zero-order valence-electron chi connectivity index (χ0n) is 14.2. The monoisotopic (exact) mass is 358 g/mol. The number of aryl methyl sites for hydroxylation is 1. The van der Waals surface area contributed by atoms with Gasteiger partial charge in [-0.2, -0.15) is 0 Å². The SMILES string of the molecule is CCN(C(C)=O)c1nc(COC(=O)c2cn3ccc(C)cc3n2)cs1. The zero-order chi connectivity index (χ0) is 18.0. The summed E-state index contributed by atoms with van der Waals surface area (Å²) in [6.07, 6.45) is 3.49. The summed E-state index contributed by atoms with van der Waals surface area (Å²) in [5.74, 6) is -0.574. The number of carbonyl (C=O) groups excluding carboxylic acids is 2. The molecular weight excluding hydrogens is 340 g/mol. The summed E-state index contributed by atoms with van der Waals surface area (Å²) in [5, 5.41) is 2.38. The molecular formula is C17H18N4O3S. The molecule has 0 N–H and O–H groups in total. The molecule has 0 aliphatic carbocycles. The number of rotatable bonds is 5. The molecule has 0 spiro atoms. The Bertz CT molecular complexity index is 931. The van der Waals surface area contributed by atoms with Gasteiger partial charge in [0.25, 0.3) is 0 Å². The van der Waals surface area contributed by atoms with Crippen molar-refractivity contribution in [3.05, 3.63) is 46.9 Å². The van der Waals surface area contributed by atoms with Crippen LogP contribution in [0.3, 0.4) is 0 Å². The van der Waals surface area contributed by atoms with E-state index in [-0.39, 0.29) is 18.2 Å². The van der Waals surface area contributed by atoms with Crippen molar-refractivity contribution in [3.8, 4) is 0 Å². The number of nitrogens with zero attached hydrogens (tertiary/aromatic N) is 4. The van der Waals surface area contributed by atoms with E-state index in [0.29, 0.717) is 23.0 Å². The fraction of sp³-hybridized carbons (Fsp3) is 0.294. The van der Waals surface area contributed by atoms with Gasteiger partial charge in [-0.1, -0.05) is 0 Å². The number of imidazole rings is 1. The Morgan fingerprint density at radius 1 is 1.36 bits per heavy atom. The van der Waals surface area contributed by atoms with E-state index in [1.807, 2.05) is 32.2 Å². The molecule has 7 nitrogen and oxygen atoms in total. The minimum Gasteiger partial charge on any atom is -0.454 e. The Balaban J connectivity index is 1.67. The molecule has 25 heavy (non-hydrogen) atoms. The largest absolute Gasteiger partial charge is 0.454 e. The van der Waals surface area contributed by atoms with Crippen LogP contribution in [-0.2, 0) is 16.1 Å². The fourth-order valence-corrected chi connectivity index (χ4v) is 3.29. The topological polar surface area (TPSA) is 76.8 Å². The first-order valence-corrected chi connectivity index (χ1v) is 8.71. The predicted molar refractivity (Wildman–Crippen MR) is 94.9 cm³/mol. The molecule has 0 bridgehead atoms. The van der Waals surface area contributed by atoms with Crippen molar-refractivity contribution < 1.29 is 14.3 Å². The van der Waals surface area contributed by atoms with Crippen LogP contribution in [0, 0.1) is 6.92 Å². The van der Waals surface area contributed by atoms with Crippen molar-refractivity contribution in [1.29, 1.82) is 0 Å². The normalized spacial score (nSPS) is 10.8. The summed E-state index contributed by atoms with van der Waals surface area (Å²) in [5.41, 5.74) is 2.62. The van der Waals surface area contributed by atoms with Gasteiger partial charge in [-0.05, 0) is 31.5 Å². The average Bonchev–Trinajstić information content (AvgIpc) is 3.19. The Kier molecular flexibility index (Phi) is 4.80. The van der Waals surface area contributed by atoms with Crippen molar-refractivity contribution in [2.45, 2.75) is 27.4 Å². The first kappa shape index (κ1) is 17.1. The number of thiazole rings is 1. The number of ether oxygens (including phenoxy) is 1. The molecule has 0 aromatic carbocycles. The fourth-order valence-electron chi connectivity index (χ4n) is 2.37. The molecule has 0 saturated carbocycles. The molecule has 0 atom stereocenters. The predicted octanol–water partition coefficient (Wildman–Crippen LogP) is 2.83. The van der Waals surface area contributed by atoms with Gasteiger partial charge in [-0.25, -0.2) is 14.8 Å². The first-order chi connectivity index (χ1) is 12.0. The standard InChI is InChI=1S/C17H18N4O3S/c1-4-21(12(3)22)17-18-13(10-25-17)9-24-16(23)14-8-20-6-5-11(2)7-15(20)19-14/h5-8,10H,4,9H2,1-3H3. The van der Waals surface area contributed by atoms with Crippen molar-refractivity contribution in [1.82, 2.24) is 14.4 Å². The molecule has 130 valence electrons. The van der Waals surface area contributed by atoms with Crippen LogP contribution < -0.4 is 4.90 Å². The summed E-state index contributed by atoms with van der Waals surface area (Å²) >= 11 is 1.35. The van der Waals surface area contributed by atoms with Gasteiger partial charge in [0, 0.05) is 31.2 Å². The van der Waals surface area contributed by atoms with Gasteiger partial charge < -0.3 is 9.14 Å². The van der Waals surface area contributed by atoms with Crippen LogP contribution in [0.5, 0.6) is 0 Å². The van der Waals surface area contributed by atoms with Gasteiger partial charge >= 0.3 is 5.97 Å². The van der Waals surface area contributed by atoms with Crippen LogP contribution in [0.25, 0.3) is 5.65 Å². The Morgan fingerprint density at radius 3 is 2.88 bits per heavy atom. The van der Waals surface area contributed by atoms with E-state index in [0.717, 1.165) is 5.56 Å². The van der Waals surface area contributed by atoms with E-state index in [9.17, 15) is 9.59 Å². The Hall–Kier alpha value is -2.74. The third-order valence-electron chi connectivity index (χ3n) is 3.64. The van der Waals surface area contributed by atoms with Gasteiger partial charge in [0.2, 0.25) is 5.91 Å². The van der Waals surface area contributed by atoms with E-state index in [4.69, 9.17) is 4.74 Å². The molecule has 0 saturated heterocycles. The van der Waals surface area contributed by atoms with Crippen LogP contribution >= 0.6 is 11.3 Å². The quantitative estimate of drug-likeness (QED) is 0.656. The molecule has 8 heteroatoms. The average molecular weight is 358 g/mol. The highest BCUT2D eigenvalue weighted by molar-refractivity contribution is 7.14. The maximum Gasteiger partial charge on any atom is 0.358 e. The highest BCUT2D eigenvalue weighted by Crippen LogP contribution is 2.21. The number of anilines is 1. The Labute approximate surface area is 148 Å². The number of fused-ring (bicyclic) bond motifs is 1. The van der Waals surface area contributed by atoms with Gasteiger partial charge in [-0.15, -0.1) is 11.3 Å². The second-order valence-corrected chi connectivity index (χ2v) is 6.39. The van der Waals surface area contributed by atoms with E-state index in [1.165, 1.54) is 18.3 Å². The van der Waals surface area contributed by atoms with E-state index in [2.05, 4.69) is 9.97 Å². The van der Waals surface area contributed by atoms with Crippen LogP contribution in [0.2, 0.25) is 0 Å². The number of pyridine rings is 1. The maximum atomic E-state index is 12.2. The minimum atomic E-state index is -0.505. The number of hydrogen-bond donors (Lipinski definition) is 0. The minimum absolute atomic E-state index is 0.0394. The first-order valence-electron chi connectivity index (χ1n) is 7.83. The maximum absolute atomic E-state index is 12.2. The number of aromatic nitrogens is 3. The van der Waals surface area contributed by atoms with E-state index in [1.54, 1.807) is 20.9 Å². The molecule has 0 unspecified atom stereocenters. The lowest BCUT2D eigenvalue weighted by molar-refractivity contribution is -0.116. The van der Waals surface area contributed by atoms with E-state index < -0.39 is 5.97 Å². The highest BCUT2D eigenvalue weighted by Gasteiger charge is 2.16. The lowest BCUT2D eigenvalue weighted by Gasteiger charge is -2.14. The van der Waals surface area contributed by atoms with Gasteiger partial charge in [0.05, 0.1) is 5.69 Å². The lowest BCUT2D eigenvalue weighted by Crippen LogP contribution is -2.27. The van der Waals surface area contributed by atoms with Crippen molar-refractivity contribution in [2.75, 3.05) is 11.4 Å². The molecule has 3 heterocycles. The zero-order valence-corrected chi connectivity index (χ0v) is 15.0. The second kappa shape index (κ2) is 7.02. The molecule has 0 aliphatic rings. The molecule has 3 aromatic rings. The summed E-state index contributed by atoms with van der Waals surface area (Å²) in [6.45, 7) is 5.93. The molecule has 3 rings (SSSR count). The molecule has 3 aromatic heterocycles. The van der Waals surface area contributed by atoms with Crippen LogP contribution in [0.4, 0.5) is 5.13 Å². The number of esters is 1. The van der Waals surface area contributed by atoms with Gasteiger partial charge in [-0.3, -0.25) is 9.69 Å². The second-order valence-electron chi connectivity index (χ2n) is 5.56. The van der Waals surface area contributed by atoms with E-state index >= 15 is 0 Å². The van der Waals surface area contributed by atoms with Crippen molar-refractivity contribution in [2.24, 2.45) is 0 Å². The third-order valence-corrected chi connectivity index (χ3v) is 4.56. The number of carbonyl (C=O) groups is 2. The van der Waals surface area contributed by atoms with Crippen molar-refractivity contribution in [3.63, 3.8) is 0 Å². The van der Waals surface area contributed by atoms with Crippen molar-refractivity contribution >= 4 is 34.0 Å². The number of amides is 1. The van der Waals surface area contributed by atoms with Crippen LogP contribution in [0.1, 0.15) is 35.6 Å². The molecule has 1 amide bonds. The highest BCUT2D eigenvalue weighted by atomic mass is 32.1. The molecule has 0 radical (unpaired) electrons.